The zero-order valence-electron chi connectivity index (χ0n) is 11.1. The zero-order chi connectivity index (χ0) is 14.8. The Morgan fingerprint density at radius 1 is 1.30 bits per heavy atom. The lowest BCUT2D eigenvalue weighted by molar-refractivity contribution is -0.185. The van der Waals surface area contributed by atoms with Crippen LogP contribution in [0.25, 0.3) is 0 Å². The number of piperidine rings is 1. The van der Waals surface area contributed by atoms with E-state index in [1.165, 1.54) is 0 Å². The molecule has 0 amide bonds. The summed E-state index contributed by atoms with van der Waals surface area (Å²) in [4.78, 5) is 1.87. The third-order valence-electron chi connectivity index (χ3n) is 3.78. The van der Waals surface area contributed by atoms with E-state index in [0.717, 1.165) is 0 Å². The predicted octanol–water partition coefficient (Wildman–Crippen LogP) is 2.58. The third kappa shape index (κ3) is 3.86. The Kier molecular flexibility index (Phi) is 4.55. The van der Waals surface area contributed by atoms with E-state index in [2.05, 4.69) is 0 Å². The largest absolute Gasteiger partial charge is 0.399 e. The zero-order valence-corrected chi connectivity index (χ0v) is 11.1. The Balaban J connectivity index is 1.86. The first-order chi connectivity index (χ1) is 9.36. The molecule has 0 aromatic heterocycles. The van der Waals surface area contributed by atoms with Crippen molar-refractivity contribution in [2.75, 3.05) is 25.4 Å². The second-order valence-corrected chi connectivity index (χ2v) is 5.30. The van der Waals surface area contributed by atoms with Gasteiger partial charge in [0, 0.05) is 12.2 Å². The molecule has 1 aromatic carbocycles. The summed E-state index contributed by atoms with van der Waals surface area (Å²) in [5.74, 6) is -1.21. The Hall–Kier alpha value is -1.27. The lowest BCUT2D eigenvalue weighted by Gasteiger charge is -2.34. The van der Waals surface area contributed by atoms with Gasteiger partial charge in [-0.2, -0.15) is 13.2 Å². The number of aliphatic hydroxyl groups excluding tert-OH is 1. The molecule has 1 aliphatic heterocycles. The van der Waals surface area contributed by atoms with E-state index in [9.17, 15) is 18.3 Å². The minimum atomic E-state index is -4.10. The van der Waals surface area contributed by atoms with Gasteiger partial charge < -0.3 is 15.7 Å². The van der Waals surface area contributed by atoms with Crippen LogP contribution in [-0.2, 0) is 0 Å². The fourth-order valence-electron chi connectivity index (χ4n) is 2.56. The minimum Gasteiger partial charge on any atom is -0.399 e. The molecule has 2 rings (SSSR count). The first-order valence-corrected chi connectivity index (χ1v) is 6.69. The Labute approximate surface area is 116 Å². The number of alkyl halides is 3. The van der Waals surface area contributed by atoms with Gasteiger partial charge in [0.1, 0.15) is 0 Å². The molecule has 1 aromatic rings. The highest BCUT2D eigenvalue weighted by atomic mass is 19.4. The average molecular weight is 288 g/mol. The highest BCUT2D eigenvalue weighted by molar-refractivity contribution is 5.41. The third-order valence-corrected chi connectivity index (χ3v) is 3.78. The second kappa shape index (κ2) is 6.01. The van der Waals surface area contributed by atoms with Gasteiger partial charge in [-0.3, -0.25) is 0 Å². The van der Waals surface area contributed by atoms with Gasteiger partial charge in [-0.25, -0.2) is 0 Å². The number of halogens is 3. The molecular formula is C14H19F3N2O. The van der Waals surface area contributed by atoms with Gasteiger partial charge in [0.15, 0.2) is 0 Å². The number of hydrogen-bond donors (Lipinski definition) is 2. The molecule has 1 heterocycles. The molecule has 3 N–H and O–H groups in total. The molecule has 112 valence electrons. The number of rotatable bonds is 3. The monoisotopic (exact) mass is 288 g/mol. The van der Waals surface area contributed by atoms with Gasteiger partial charge in [0.2, 0.25) is 0 Å². The number of hydrogen-bond acceptors (Lipinski definition) is 3. The number of β-amino-alcohol motifs (C(OH)–C–C–N with tert-alkyl or cyclic N) is 1. The summed E-state index contributed by atoms with van der Waals surface area (Å²) in [5, 5.41) is 10.1. The summed E-state index contributed by atoms with van der Waals surface area (Å²) in [7, 11) is 0. The fourth-order valence-corrected chi connectivity index (χ4v) is 2.56. The Morgan fingerprint density at radius 2 is 1.95 bits per heavy atom. The van der Waals surface area contributed by atoms with Crippen molar-refractivity contribution in [1.82, 2.24) is 4.90 Å². The van der Waals surface area contributed by atoms with Crippen molar-refractivity contribution in [2.45, 2.75) is 25.1 Å². The fraction of sp³-hybridized carbons (Fsp3) is 0.571. The van der Waals surface area contributed by atoms with E-state index in [-0.39, 0.29) is 12.8 Å². The number of aliphatic hydroxyl groups is 1. The van der Waals surface area contributed by atoms with Gasteiger partial charge >= 0.3 is 6.18 Å². The molecule has 0 bridgehead atoms. The van der Waals surface area contributed by atoms with Crippen LogP contribution in [-0.4, -0.2) is 35.8 Å². The molecule has 1 fully saturated rings. The van der Waals surface area contributed by atoms with Crippen LogP contribution in [0, 0.1) is 5.92 Å². The number of benzene rings is 1. The predicted molar refractivity (Wildman–Crippen MR) is 71.0 cm³/mol. The van der Waals surface area contributed by atoms with E-state index in [4.69, 9.17) is 5.73 Å². The van der Waals surface area contributed by atoms with Crippen molar-refractivity contribution in [3.8, 4) is 0 Å². The molecule has 0 radical (unpaired) electrons. The van der Waals surface area contributed by atoms with E-state index >= 15 is 0 Å². The van der Waals surface area contributed by atoms with Crippen LogP contribution >= 0.6 is 0 Å². The number of anilines is 1. The summed E-state index contributed by atoms with van der Waals surface area (Å²) < 4.78 is 37.7. The summed E-state index contributed by atoms with van der Waals surface area (Å²) >= 11 is 0. The highest BCUT2D eigenvalue weighted by Gasteiger charge is 2.41. The number of nitrogens with two attached hydrogens (primary N) is 1. The van der Waals surface area contributed by atoms with Gasteiger partial charge in [0.05, 0.1) is 12.0 Å². The van der Waals surface area contributed by atoms with E-state index in [1.54, 1.807) is 24.3 Å². The van der Waals surface area contributed by atoms with Crippen molar-refractivity contribution < 1.29 is 18.3 Å². The average Bonchev–Trinajstić information content (AvgIpc) is 2.38. The maximum atomic E-state index is 12.6. The number of nitrogen functional groups attached to an aromatic ring is 1. The number of nitrogens with zero attached hydrogens (tertiary/aromatic N) is 1. The molecular weight excluding hydrogens is 269 g/mol. The van der Waals surface area contributed by atoms with Crippen LogP contribution in [0.4, 0.5) is 18.9 Å². The molecule has 1 unspecified atom stereocenters. The van der Waals surface area contributed by atoms with Gasteiger partial charge in [-0.05, 0) is 43.6 Å². The molecule has 1 atom stereocenters. The summed E-state index contributed by atoms with van der Waals surface area (Å²) in [6, 6.07) is 6.94. The summed E-state index contributed by atoms with van der Waals surface area (Å²) in [6.07, 6.45) is -4.61. The van der Waals surface area contributed by atoms with Crippen molar-refractivity contribution in [1.29, 1.82) is 0 Å². The quantitative estimate of drug-likeness (QED) is 0.841. The van der Waals surface area contributed by atoms with Gasteiger partial charge in [-0.1, -0.05) is 12.1 Å². The van der Waals surface area contributed by atoms with Crippen molar-refractivity contribution >= 4 is 5.69 Å². The molecule has 20 heavy (non-hydrogen) atoms. The van der Waals surface area contributed by atoms with Gasteiger partial charge in [0.25, 0.3) is 0 Å². The molecule has 0 saturated carbocycles. The van der Waals surface area contributed by atoms with E-state index < -0.39 is 18.2 Å². The minimum absolute atomic E-state index is 0.104. The van der Waals surface area contributed by atoms with Crippen LogP contribution in [0.2, 0.25) is 0 Å². The lowest BCUT2D eigenvalue weighted by atomic mass is 9.96. The van der Waals surface area contributed by atoms with Crippen molar-refractivity contribution in [3.05, 3.63) is 29.8 Å². The molecule has 6 heteroatoms. The van der Waals surface area contributed by atoms with Crippen molar-refractivity contribution in [2.24, 2.45) is 5.92 Å². The van der Waals surface area contributed by atoms with Crippen LogP contribution in [0.3, 0.4) is 0 Å². The molecule has 1 aliphatic rings. The maximum absolute atomic E-state index is 12.6. The topological polar surface area (TPSA) is 49.5 Å². The molecule has 0 spiro atoms. The van der Waals surface area contributed by atoms with Crippen LogP contribution in [0.1, 0.15) is 24.5 Å². The van der Waals surface area contributed by atoms with E-state index in [1.807, 2.05) is 4.90 Å². The van der Waals surface area contributed by atoms with Crippen LogP contribution in [0.5, 0.6) is 0 Å². The Morgan fingerprint density at radius 3 is 2.50 bits per heavy atom. The smallest absolute Gasteiger partial charge is 0.391 e. The second-order valence-electron chi connectivity index (χ2n) is 5.30. The van der Waals surface area contributed by atoms with Crippen molar-refractivity contribution in [3.63, 3.8) is 0 Å². The molecule has 1 saturated heterocycles. The van der Waals surface area contributed by atoms with Gasteiger partial charge in [-0.15, -0.1) is 0 Å². The van der Waals surface area contributed by atoms with Crippen LogP contribution in [0.15, 0.2) is 24.3 Å². The lowest BCUT2D eigenvalue weighted by Crippen LogP contribution is -2.40. The highest BCUT2D eigenvalue weighted by Crippen LogP contribution is 2.34. The first-order valence-electron chi connectivity index (χ1n) is 6.69. The Bertz CT molecular complexity index is 442. The number of likely N-dealkylation sites (tertiary alicyclic amines) is 1. The summed E-state index contributed by atoms with van der Waals surface area (Å²) in [5.41, 5.74) is 6.91. The molecule has 0 aliphatic carbocycles. The van der Waals surface area contributed by atoms with Crippen LogP contribution < -0.4 is 5.73 Å². The van der Waals surface area contributed by atoms with E-state index in [0.29, 0.717) is 30.9 Å². The normalized spacial score (nSPS) is 20.0. The summed E-state index contributed by atoms with van der Waals surface area (Å²) in [6.45, 7) is 1.07. The molecule has 3 nitrogen and oxygen atoms in total. The standard InChI is InChI=1S/C14H19F3N2O/c15-14(16,17)11-4-6-19(7-5-11)9-13(20)10-2-1-3-12(18)8-10/h1-3,8,11,13,20H,4-7,9,18H2. The SMILES string of the molecule is Nc1cccc(C(O)CN2CCC(C(F)(F)F)CC2)c1. The maximum Gasteiger partial charge on any atom is 0.391 e. The first kappa shape index (κ1) is 15.1.